The van der Waals surface area contributed by atoms with Crippen LogP contribution in [0.4, 0.5) is 4.39 Å². The van der Waals surface area contributed by atoms with E-state index in [4.69, 9.17) is 16.3 Å². The molecule has 2 aromatic carbocycles. The molecule has 3 rings (SSSR count). The van der Waals surface area contributed by atoms with Gasteiger partial charge in [-0.2, -0.15) is 0 Å². The van der Waals surface area contributed by atoms with E-state index in [1.807, 2.05) is 0 Å². The molecular formula is C14H10ClFN2O. The van der Waals surface area contributed by atoms with Crippen molar-refractivity contribution >= 4 is 22.6 Å². The molecule has 1 aromatic heterocycles. The number of nitrogens with zero attached hydrogens (tertiary/aromatic N) is 1. The molecule has 1 N–H and O–H groups in total. The van der Waals surface area contributed by atoms with Crippen molar-refractivity contribution in [1.82, 2.24) is 9.97 Å². The van der Waals surface area contributed by atoms with Crippen LogP contribution in [-0.2, 0) is 0 Å². The van der Waals surface area contributed by atoms with E-state index in [-0.39, 0.29) is 5.82 Å². The first kappa shape index (κ1) is 12.0. The van der Waals surface area contributed by atoms with E-state index in [2.05, 4.69) is 9.97 Å². The van der Waals surface area contributed by atoms with Gasteiger partial charge in [0.05, 0.1) is 18.2 Å². The summed E-state index contributed by atoms with van der Waals surface area (Å²) < 4.78 is 18.9. The van der Waals surface area contributed by atoms with Crippen LogP contribution in [0.3, 0.4) is 0 Å². The molecule has 0 amide bonds. The summed E-state index contributed by atoms with van der Waals surface area (Å²) >= 11 is 5.92. The van der Waals surface area contributed by atoms with Crippen LogP contribution in [0.15, 0.2) is 36.4 Å². The number of H-pyrrole nitrogens is 1. The summed E-state index contributed by atoms with van der Waals surface area (Å²) in [5.41, 5.74) is 1.70. The SMILES string of the molecule is COc1cc(Cl)ccc1-c1nc2c(F)cccc2[nH]1. The first-order chi connectivity index (χ1) is 9.19. The van der Waals surface area contributed by atoms with Crippen LogP contribution in [0.1, 0.15) is 0 Å². The van der Waals surface area contributed by atoms with Gasteiger partial charge in [-0.15, -0.1) is 0 Å². The van der Waals surface area contributed by atoms with Gasteiger partial charge >= 0.3 is 0 Å². The molecule has 96 valence electrons. The molecular weight excluding hydrogens is 267 g/mol. The third-order valence-electron chi connectivity index (χ3n) is 2.88. The van der Waals surface area contributed by atoms with Crippen LogP contribution >= 0.6 is 11.6 Å². The lowest BCUT2D eigenvalue weighted by atomic mass is 10.2. The van der Waals surface area contributed by atoms with Gasteiger partial charge in [-0.3, -0.25) is 0 Å². The summed E-state index contributed by atoms with van der Waals surface area (Å²) in [5, 5.41) is 0.572. The predicted octanol–water partition coefficient (Wildman–Crippen LogP) is 4.03. The molecule has 3 nitrogen and oxygen atoms in total. The Morgan fingerprint density at radius 2 is 2.11 bits per heavy atom. The molecule has 0 aliphatic rings. The molecule has 0 fully saturated rings. The van der Waals surface area contributed by atoms with Crippen molar-refractivity contribution < 1.29 is 9.13 Å². The molecule has 19 heavy (non-hydrogen) atoms. The van der Waals surface area contributed by atoms with Crippen LogP contribution in [0.5, 0.6) is 5.75 Å². The zero-order valence-corrected chi connectivity index (χ0v) is 10.8. The number of nitrogens with one attached hydrogen (secondary N) is 1. The molecule has 0 spiro atoms. The van der Waals surface area contributed by atoms with Crippen molar-refractivity contribution in [2.75, 3.05) is 7.11 Å². The Kier molecular flexibility index (Phi) is 2.87. The number of hydrogen-bond donors (Lipinski definition) is 1. The van der Waals surface area contributed by atoms with E-state index in [0.29, 0.717) is 27.6 Å². The quantitative estimate of drug-likeness (QED) is 0.767. The molecule has 5 heteroatoms. The maximum atomic E-state index is 13.6. The van der Waals surface area contributed by atoms with E-state index >= 15 is 0 Å². The molecule has 0 radical (unpaired) electrons. The van der Waals surface area contributed by atoms with Gasteiger partial charge in [0.15, 0.2) is 5.82 Å². The van der Waals surface area contributed by atoms with Crippen LogP contribution in [0, 0.1) is 5.82 Å². The van der Waals surface area contributed by atoms with Gasteiger partial charge in [-0.05, 0) is 30.3 Å². The highest BCUT2D eigenvalue weighted by Gasteiger charge is 2.12. The fourth-order valence-corrected chi connectivity index (χ4v) is 2.15. The molecule has 0 saturated heterocycles. The molecule has 0 aliphatic carbocycles. The Balaban J connectivity index is 2.22. The van der Waals surface area contributed by atoms with Crippen molar-refractivity contribution in [1.29, 1.82) is 0 Å². The fourth-order valence-electron chi connectivity index (χ4n) is 1.99. The van der Waals surface area contributed by atoms with Crippen molar-refractivity contribution in [3.05, 3.63) is 47.2 Å². The van der Waals surface area contributed by atoms with E-state index in [1.165, 1.54) is 6.07 Å². The molecule has 0 atom stereocenters. The average molecular weight is 277 g/mol. The van der Waals surface area contributed by atoms with Gasteiger partial charge in [0.1, 0.15) is 17.1 Å². The number of rotatable bonds is 2. The maximum Gasteiger partial charge on any atom is 0.151 e. The number of para-hydroxylation sites is 1. The monoisotopic (exact) mass is 276 g/mol. The van der Waals surface area contributed by atoms with Crippen molar-refractivity contribution in [3.63, 3.8) is 0 Å². The van der Waals surface area contributed by atoms with E-state index in [9.17, 15) is 4.39 Å². The summed E-state index contributed by atoms with van der Waals surface area (Å²) in [4.78, 5) is 7.34. The topological polar surface area (TPSA) is 37.9 Å². The normalized spacial score (nSPS) is 10.9. The highest BCUT2D eigenvalue weighted by atomic mass is 35.5. The number of imidazole rings is 1. The molecule has 0 saturated carbocycles. The number of ether oxygens (including phenoxy) is 1. The summed E-state index contributed by atoms with van der Waals surface area (Å²) in [6.45, 7) is 0. The molecule has 0 unspecified atom stereocenters. The second kappa shape index (κ2) is 4.55. The Morgan fingerprint density at radius 3 is 2.84 bits per heavy atom. The Bertz CT molecular complexity index is 754. The number of aromatic amines is 1. The number of fused-ring (bicyclic) bond motifs is 1. The van der Waals surface area contributed by atoms with Gasteiger partial charge in [0, 0.05) is 5.02 Å². The number of aromatic nitrogens is 2. The lowest BCUT2D eigenvalue weighted by Gasteiger charge is -2.06. The lowest BCUT2D eigenvalue weighted by molar-refractivity contribution is 0.416. The summed E-state index contributed by atoms with van der Waals surface area (Å²) in [5.74, 6) is 0.786. The second-order valence-electron chi connectivity index (χ2n) is 4.07. The van der Waals surface area contributed by atoms with Crippen molar-refractivity contribution in [3.8, 4) is 17.1 Å². The van der Waals surface area contributed by atoms with Crippen LogP contribution in [-0.4, -0.2) is 17.1 Å². The minimum Gasteiger partial charge on any atom is -0.496 e. The van der Waals surface area contributed by atoms with E-state index < -0.39 is 0 Å². The minimum absolute atomic E-state index is 0.314. The number of methoxy groups -OCH3 is 1. The molecule has 0 aliphatic heterocycles. The van der Waals surface area contributed by atoms with Gasteiger partial charge in [0.2, 0.25) is 0 Å². The first-order valence-electron chi connectivity index (χ1n) is 5.67. The summed E-state index contributed by atoms with van der Waals surface area (Å²) in [6, 6.07) is 10.0. The van der Waals surface area contributed by atoms with Gasteiger partial charge < -0.3 is 9.72 Å². The van der Waals surface area contributed by atoms with Crippen LogP contribution < -0.4 is 4.74 Å². The smallest absolute Gasteiger partial charge is 0.151 e. The largest absolute Gasteiger partial charge is 0.496 e. The Labute approximate surface area is 114 Å². The fraction of sp³-hybridized carbons (Fsp3) is 0.0714. The van der Waals surface area contributed by atoms with Crippen LogP contribution in [0.25, 0.3) is 22.4 Å². The van der Waals surface area contributed by atoms with Crippen LogP contribution in [0.2, 0.25) is 5.02 Å². The Morgan fingerprint density at radius 1 is 1.26 bits per heavy atom. The van der Waals surface area contributed by atoms with Gasteiger partial charge in [-0.1, -0.05) is 17.7 Å². The number of hydrogen-bond acceptors (Lipinski definition) is 2. The predicted molar refractivity (Wildman–Crippen MR) is 73.0 cm³/mol. The Hall–Kier alpha value is -2.07. The lowest BCUT2D eigenvalue weighted by Crippen LogP contribution is -1.89. The average Bonchev–Trinajstić information content (AvgIpc) is 2.83. The highest BCUT2D eigenvalue weighted by Crippen LogP contribution is 2.32. The number of benzene rings is 2. The van der Waals surface area contributed by atoms with Gasteiger partial charge in [0.25, 0.3) is 0 Å². The van der Waals surface area contributed by atoms with E-state index in [0.717, 1.165) is 5.56 Å². The second-order valence-corrected chi connectivity index (χ2v) is 4.50. The van der Waals surface area contributed by atoms with Gasteiger partial charge in [-0.25, -0.2) is 9.37 Å². The summed E-state index contributed by atoms with van der Waals surface area (Å²) in [6.07, 6.45) is 0. The molecule has 3 aromatic rings. The highest BCUT2D eigenvalue weighted by molar-refractivity contribution is 6.30. The molecule has 1 heterocycles. The zero-order chi connectivity index (χ0) is 13.4. The minimum atomic E-state index is -0.354. The standard InChI is InChI=1S/C14H10ClFN2O/c1-19-12-7-8(15)5-6-9(12)14-17-11-4-2-3-10(16)13(11)18-14/h2-7H,1H3,(H,17,18). The van der Waals surface area contributed by atoms with Crippen molar-refractivity contribution in [2.45, 2.75) is 0 Å². The summed E-state index contributed by atoms with van der Waals surface area (Å²) in [7, 11) is 1.55. The third-order valence-corrected chi connectivity index (χ3v) is 3.12. The first-order valence-corrected chi connectivity index (χ1v) is 6.05. The third kappa shape index (κ3) is 2.04. The van der Waals surface area contributed by atoms with E-state index in [1.54, 1.807) is 37.4 Å². The maximum absolute atomic E-state index is 13.6. The van der Waals surface area contributed by atoms with Crippen molar-refractivity contribution in [2.24, 2.45) is 0 Å². The molecule has 0 bridgehead atoms. The zero-order valence-electron chi connectivity index (χ0n) is 10.1. The number of halogens is 2.